The monoisotopic (exact) mass is 441 g/mol. The van der Waals surface area contributed by atoms with E-state index in [1.54, 1.807) is 6.07 Å². The third-order valence-electron chi connectivity index (χ3n) is 6.24. The van der Waals surface area contributed by atoms with E-state index in [1.807, 2.05) is 42.1 Å². The molecule has 0 amide bonds. The first-order valence-electron chi connectivity index (χ1n) is 10.7. The van der Waals surface area contributed by atoms with Crippen molar-refractivity contribution in [2.75, 3.05) is 18.0 Å². The third-order valence-corrected chi connectivity index (χ3v) is 6.24. The summed E-state index contributed by atoms with van der Waals surface area (Å²) in [6.45, 7) is 1.44. The van der Waals surface area contributed by atoms with E-state index in [2.05, 4.69) is 36.4 Å². The van der Waals surface area contributed by atoms with Crippen LogP contribution in [0.25, 0.3) is 38.8 Å². The highest BCUT2D eigenvalue weighted by atomic mass is 19.1. The van der Waals surface area contributed by atoms with Gasteiger partial charge in [-0.3, -0.25) is 9.36 Å². The molecule has 33 heavy (non-hydrogen) atoms. The van der Waals surface area contributed by atoms with E-state index in [9.17, 15) is 9.18 Å². The molecule has 0 atom stereocenters. The van der Waals surface area contributed by atoms with Gasteiger partial charge in [0.1, 0.15) is 11.5 Å². The number of H-pyrrole nitrogens is 2. The molecule has 0 saturated carbocycles. The predicted octanol–water partition coefficient (Wildman–Crippen LogP) is 3.63. The SMILES string of the molecule is Cn1c(-c2n[nH]c(=O)c3ccccc23)nnc1N1CC=C(c2c[nH]c3cc(F)ccc23)CC1. The maximum atomic E-state index is 13.5. The van der Waals surface area contributed by atoms with Crippen LogP contribution < -0.4 is 10.5 Å². The zero-order valence-corrected chi connectivity index (χ0v) is 17.8. The average Bonchev–Trinajstić information content (AvgIpc) is 3.43. The van der Waals surface area contributed by atoms with Crippen molar-refractivity contribution in [3.05, 3.63) is 76.5 Å². The maximum Gasteiger partial charge on any atom is 0.272 e. The first-order valence-corrected chi connectivity index (χ1v) is 10.7. The zero-order valence-electron chi connectivity index (χ0n) is 17.8. The van der Waals surface area contributed by atoms with Crippen molar-refractivity contribution in [1.82, 2.24) is 29.9 Å². The van der Waals surface area contributed by atoms with Gasteiger partial charge in [0.15, 0.2) is 5.82 Å². The molecular formula is C24H20FN7O. The van der Waals surface area contributed by atoms with Crippen LogP contribution in [0.2, 0.25) is 0 Å². The van der Waals surface area contributed by atoms with Crippen LogP contribution in [0, 0.1) is 5.82 Å². The molecule has 0 spiro atoms. The number of nitrogens with one attached hydrogen (secondary N) is 2. The van der Waals surface area contributed by atoms with Gasteiger partial charge in [-0.1, -0.05) is 24.3 Å². The minimum Gasteiger partial charge on any atom is -0.360 e. The molecule has 0 unspecified atom stereocenters. The van der Waals surface area contributed by atoms with Gasteiger partial charge < -0.3 is 9.88 Å². The van der Waals surface area contributed by atoms with Crippen molar-refractivity contribution in [2.45, 2.75) is 6.42 Å². The summed E-state index contributed by atoms with van der Waals surface area (Å²) in [6.07, 6.45) is 4.95. The molecule has 0 fully saturated rings. The smallest absolute Gasteiger partial charge is 0.272 e. The lowest BCUT2D eigenvalue weighted by molar-refractivity contribution is 0.629. The quantitative estimate of drug-likeness (QED) is 0.446. The molecule has 3 aromatic heterocycles. The Balaban J connectivity index is 1.32. The lowest BCUT2D eigenvalue weighted by Crippen LogP contribution is -2.30. The molecule has 8 nitrogen and oxygen atoms in total. The summed E-state index contributed by atoms with van der Waals surface area (Å²) in [6, 6.07) is 12.2. The van der Waals surface area contributed by atoms with E-state index in [0.29, 0.717) is 23.4 Å². The Morgan fingerprint density at radius 2 is 1.91 bits per heavy atom. The van der Waals surface area contributed by atoms with Crippen LogP contribution in [-0.4, -0.2) is 43.0 Å². The molecule has 0 radical (unpaired) electrons. The van der Waals surface area contributed by atoms with Gasteiger partial charge in [-0.2, -0.15) is 5.10 Å². The van der Waals surface area contributed by atoms with Gasteiger partial charge in [0.05, 0.1) is 5.39 Å². The van der Waals surface area contributed by atoms with Gasteiger partial charge in [0, 0.05) is 48.2 Å². The van der Waals surface area contributed by atoms with Crippen LogP contribution in [0.15, 0.2) is 59.5 Å². The van der Waals surface area contributed by atoms with Crippen molar-refractivity contribution in [2.24, 2.45) is 7.05 Å². The highest BCUT2D eigenvalue weighted by molar-refractivity contribution is 5.93. The fraction of sp³-hybridized carbons (Fsp3) is 0.167. The molecule has 9 heteroatoms. The number of nitrogens with zero attached hydrogens (tertiary/aromatic N) is 5. The number of rotatable bonds is 3. The number of anilines is 1. The fourth-order valence-electron chi connectivity index (χ4n) is 4.55. The Hall–Kier alpha value is -4.27. The minimum atomic E-state index is -0.248. The van der Waals surface area contributed by atoms with Crippen LogP contribution >= 0.6 is 0 Å². The number of benzene rings is 2. The summed E-state index contributed by atoms with van der Waals surface area (Å²) in [5.74, 6) is 1.08. The van der Waals surface area contributed by atoms with Gasteiger partial charge in [-0.05, 0) is 36.3 Å². The number of halogens is 1. The van der Waals surface area contributed by atoms with Gasteiger partial charge in [0.25, 0.3) is 5.56 Å². The second-order valence-electron chi connectivity index (χ2n) is 8.15. The summed E-state index contributed by atoms with van der Waals surface area (Å²) < 4.78 is 15.4. The topological polar surface area (TPSA) is 95.5 Å². The third kappa shape index (κ3) is 3.12. The Kier molecular flexibility index (Phi) is 4.36. The van der Waals surface area contributed by atoms with Crippen LogP contribution in [0.5, 0.6) is 0 Å². The summed E-state index contributed by atoms with van der Waals surface area (Å²) >= 11 is 0. The Morgan fingerprint density at radius 1 is 1.06 bits per heavy atom. The van der Waals surface area contributed by atoms with E-state index < -0.39 is 0 Å². The first-order chi connectivity index (χ1) is 16.1. The fourth-order valence-corrected chi connectivity index (χ4v) is 4.55. The zero-order chi connectivity index (χ0) is 22.5. The summed E-state index contributed by atoms with van der Waals surface area (Å²) in [7, 11) is 1.90. The molecule has 2 aromatic carbocycles. The molecule has 0 saturated heterocycles. The molecule has 5 aromatic rings. The standard InChI is InChI=1S/C24H20FN7O/c1-31-22(21-17-4-2-3-5-18(17)23(33)29-27-21)28-30-24(31)32-10-8-14(9-11-32)19-13-26-20-12-15(25)6-7-16(19)20/h2-8,12-13,26H,9-11H2,1H3,(H,29,33). The lowest BCUT2D eigenvalue weighted by Gasteiger charge is -2.27. The first kappa shape index (κ1) is 19.4. The van der Waals surface area contributed by atoms with E-state index in [0.717, 1.165) is 40.8 Å². The van der Waals surface area contributed by atoms with Gasteiger partial charge in [-0.15, -0.1) is 10.2 Å². The van der Waals surface area contributed by atoms with E-state index >= 15 is 0 Å². The molecule has 1 aliphatic rings. The molecular weight excluding hydrogens is 421 g/mol. The molecule has 0 aliphatic carbocycles. The van der Waals surface area contributed by atoms with E-state index in [4.69, 9.17) is 0 Å². The van der Waals surface area contributed by atoms with Crippen molar-refractivity contribution in [3.63, 3.8) is 0 Å². The number of hydrogen-bond donors (Lipinski definition) is 2. The summed E-state index contributed by atoms with van der Waals surface area (Å²) in [5, 5.41) is 17.9. The molecule has 0 bridgehead atoms. The van der Waals surface area contributed by atoms with Crippen LogP contribution in [0.3, 0.4) is 0 Å². The van der Waals surface area contributed by atoms with Crippen LogP contribution in [0.4, 0.5) is 10.3 Å². The van der Waals surface area contributed by atoms with Crippen molar-refractivity contribution >= 4 is 33.2 Å². The number of aromatic amines is 2. The van der Waals surface area contributed by atoms with Gasteiger partial charge in [-0.25, -0.2) is 9.49 Å². The lowest BCUT2D eigenvalue weighted by atomic mass is 9.99. The van der Waals surface area contributed by atoms with Gasteiger partial charge >= 0.3 is 0 Å². The van der Waals surface area contributed by atoms with Crippen molar-refractivity contribution in [1.29, 1.82) is 0 Å². The highest BCUT2D eigenvalue weighted by Gasteiger charge is 2.22. The van der Waals surface area contributed by atoms with E-state index in [-0.39, 0.29) is 11.4 Å². The molecule has 1 aliphatic heterocycles. The number of fused-ring (bicyclic) bond motifs is 2. The molecule has 6 rings (SSSR count). The second kappa shape index (κ2) is 7.40. The van der Waals surface area contributed by atoms with Crippen molar-refractivity contribution in [3.8, 4) is 11.5 Å². The second-order valence-corrected chi connectivity index (χ2v) is 8.15. The largest absolute Gasteiger partial charge is 0.360 e. The minimum absolute atomic E-state index is 0.231. The Morgan fingerprint density at radius 3 is 2.73 bits per heavy atom. The molecule has 164 valence electrons. The highest BCUT2D eigenvalue weighted by Crippen LogP contribution is 2.31. The van der Waals surface area contributed by atoms with E-state index in [1.165, 1.54) is 17.7 Å². The molecule has 2 N–H and O–H groups in total. The number of hydrogen-bond acceptors (Lipinski definition) is 5. The predicted molar refractivity (Wildman–Crippen MR) is 125 cm³/mol. The normalized spacial score (nSPS) is 14.2. The average molecular weight is 441 g/mol. The van der Waals surface area contributed by atoms with Crippen molar-refractivity contribution < 1.29 is 4.39 Å². The van der Waals surface area contributed by atoms with Gasteiger partial charge in [0.2, 0.25) is 5.95 Å². The van der Waals surface area contributed by atoms with Crippen LogP contribution in [0.1, 0.15) is 12.0 Å². The maximum absolute atomic E-state index is 13.5. The summed E-state index contributed by atoms with van der Waals surface area (Å²) in [4.78, 5) is 17.5. The molecule has 4 heterocycles. The number of aromatic nitrogens is 6. The Labute approximate surface area is 187 Å². The Bertz CT molecular complexity index is 1610. The summed E-state index contributed by atoms with van der Waals surface area (Å²) in [5.41, 5.74) is 3.48. The van der Waals surface area contributed by atoms with Crippen LogP contribution in [-0.2, 0) is 7.05 Å².